The van der Waals surface area contributed by atoms with Crippen molar-refractivity contribution in [2.45, 2.75) is 26.3 Å². The summed E-state index contributed by atoms with van der Waals surface area (Å²) in [5.74, 6) is 0.0891. The van der Waals surface area contributed by atoms with Gasteiger partial charge in [0.1, 0.15) is 0 Å². The second-order valence-corrected chi connectivity index (χ2v) is 3.69. The smallest absolute Gasteiger partial charge is 0.231 e. The molecule has 0 saturated heterocycles. The molecule has 0 atom stereocenters. The van der Waals surface area contributed by atoms with Crippen LogP contribution >= 0.6 is 0 Å². The molecule has 0 spiro atoms. The predicted octanol–water partition coefficient (Wildman–Crippen LogP) is 3.00. The van der Waals surface area contributed by atoms with Crippen LogP contribution < -0.4 is 4.90 Å². The number of amides is 1. The van der Waals surface area contributed by atoms with Gasteiger partial charge in [-0.2, -0.15) is 0 Å². The van der Waals surface area contributed by atoms with Crippen LogP contribution in [0.5, 0.6) is 0 Å². The summed E-state index contributed by atoms with van der Waals surface area (Å²) >= 11 is 0. The van der Waals surface area contributed by atoms with Crippen LogP contribution in [0.25, 0.3) is 0 Å². The zero-order valence-corrected chi connectivity index (χ0v) is 9.31. The number of hydrogen-bond acceptors (Lipinski definition) is 1. The second kappa shape index (κ2) is 5.35. The summed E-state index contributed by atoms with van der Waals surface area (Å²) in [7, 11) is 0. The number of benzene rings is 1. The molecule has 0 bridgehead atoms. The third-order valence-electron chi connectivity index (χ3n) is 2.14. The Morgan fingerprint density at radius 2 is 2.00 bits per heavy atom. The summed E-state index contributed by atoms with van der Waals surface area (Å²) < 4.78 is 0. The number of anilines is 1. The van der Waals surface area contributed by atoms with Gasteiger partial charge in [0.05, 0.1) is 0 Å². The Labute approximate surface area is 91.2 Å². The standard InChI is InChI=1S/C13H17NO/c1-4-8-13(15)14(11(2)3)12-9-6-5-7-10-12/h4-7,9-11H,1,8H2,2-3H3. The zero-order chi connectivity index (χ0) is 11.3. The summed E-state index contributed by atoms with van der Waals surface area (Å²) in [4.78, 5) is 13.6. The fraction of sp³-hybridized carbons (Fsp3) is 0.308. The van der Waals surface area contributed by atoms with Gasteiger partial charge in [-0.15, -0.1) is 6.58 Å². The second-order valence-electron chi connectivity index (χ2n) is 3.69. The Morgan fingerprint density at radius 1 is 1.40 bits per heavy atom. The van der Waals surface area contributed by atoms with Gasteiger partial charge in [0.25, 0.3) is 0 Å². The predicted molar refractivity (Wildman–Crippen MR) is 63.9 cm³/mol. The van der Waals surface area contributed by atoms with Crippen molar-refractivity contribution < 1.29 is 4.79 Å². The lowest BCUT2D eigenvalue weighted by Gasteiger charge is -2.26. The molecule has 0 aliphatic rings. The number of carbonyl (C=O) groups excluding carboxylic acids is 1. The topological polar surface area (TPSA) is 20.3 Å². The number of carbonyl (C=O) groups is 1. The van der Waals surface area contributed by atoms with E-state index in [0.717, 1.165) is 5.69 Å². The van der Waals surface area contributed by atoms with E-state index in [1.165, 1.54) is 0 Å². The SMILES string of the molecule is C=CCC(=O)N(c1ccccc1)C(C)C. The molecular formula is C13H17NO. The highest BCUT2D eigenvalue weighted by Crippen LogP contribution is 2.17. The number of rotatable bonds is 4. The minimum Gasteiger partial charge on any atom is -0.310 e. The minimum atomic E-state index is 0.0891. The summed E-state index contributed by atoms with van der Waals surface area (Å²) in [6.45, 7) is 7.60. The fourth-order valence-corrected chi connectivity index (χ4v) is 1.54. The van der Waals surface area contributed by atoms with Crippen molar-refractivity contribution in [1.29, 1.82) is 0 Å². The van der Waals surface area contributed by atoms with E-state index in [1.807, 2.05) is 44.2 Å². The van der Waals surface area contributed by atoms with Gasteiger partial charge in [0.15, 0.2) is 0 Å². The molecule has 15 heavy (non-hydrogen) atoms. The molecule has 0 unspecified atom stereocenters. The molecule has 0 aromatic heterocycles. The van der Waals surface area contributed by atoms with Crippen LogP contribution in [0.2, 0.25) is 0 Å². The molecule has 0 radical (unpaired) electrons. The molecule has 1 aromatic carbocycles. The van der Waals surface area contributed by atoms with Gasteiger partial charge in [-0.3, -0.25) is 4.79 Å². The third-order valence-corrected chi connectivity index (χ3v) is 2.14. The molecule has 1 aromatic rings. The third kappa shape index (κ3) is 2.94. The quantitative estimate of drug-likeness (QED) is 0.689. The molecule has 0 saturated carbocycles. The molecule has 0 heterocycles. The van der Waals surface area contributed by atoms with Crippen molar-refractivity contribution in [1.82, 2.24) is 0 Å². The molecule has 0 aliphatic carbocycles. The first-order chi connectivity index (χ1) is 7.16. The van der Waals surface area contributed by atoms with Crippen LogP contribution in [0.3, 0.4) is 0 Å². The molecule has 1 amide bonds. The number of nitrogens with zero attached hydrogens (tertiary/aromatic N) is 1. The highest BCUT2D eigenvalue weighted by atomic mass is 16.2. The van der Waals surface area contributed by atoms with Gasteiger partial charge in [0.2, 0.25) is 5.91 Å². The lowest BCUT2D eigenvalue weighted by molar-refractivity contribution is -0.118. The van der Waals surface area contributed by atoms with E-state index in [4.69, 9.17) is 0 Å². The number of para-hydroxylation sites is 1. The highest BCUT2D eigenvalue weighted by molar-refractivity contribution is 5.94. The van der Waals surface area contributed by atoms with Crippen LogP contribution in [-0.2, 0) is 4.79 Å². The lowest BCUT2D eigenvalue weighted by atomic mass is 10.2. The summed E-state index contributed by atoms with van der Waals surface area (Å²) in [5, 5.41) is 0. The van der Waals surface area contributed by atoms with Crippen LogP contribution in [0.4, 0.5) is 5.69 Å². The van der Waals surface area contributed by atoms with Crippen molar-refractivity contribution in [2.24, 2.45) is 0 Å². The first kappa shape index (κ1) is 11.5. The number of hydrogen-bond donors (Lipinski definition) is 0. The molecule has 0 aliphatic heterocycles. The van der Waals surface area contributed by atoms with E-state index in [-0.39, 0.29) is 11.9 Å². The maximum atomic E-state index is 11.8. The van der Waals surface area contributed by atoms with Crippen LogP contribution in [0, 0.1) is 0 Å². The van der Waals surface area contributed by atoms with Crippen LogP contribution in [0.1, 0.15) is 20.3 Å². The van der Waals surface area contributed by atoms with Gasteiger partial charge >= 0.3 is 0 Å². The van der Waals surface area contributed by atoms with E-state index in [2.05, 4.69) is 6.58 Å². The maximum Gasteiger partial charge on any atom is 0.231 e. The zero-order valence-electron chi connectivity index (χ0n) is 9.31. The van der Waals surface area contributed by atoms with Crippen LogP contribution in [-0.4, -0.2) is 11.9 Å². The molecule has 0 fully saturated rings. The highest BCUT2D eigenvalue weighted by Gasteiger charge is 2.16. The van der Waals surface area contributed by atoms with Crippen LogP contribution in [0.15, 0.2) is 43.0 Å². The Morgan fingerprint density at radius 3 is 2.47 bits per heavy atom. The van der Waals surface area contributed by atoms with E-state index in [0.29, 0.717) is 6.42 Å². The van der Waals surface area contributed by atoms with Gasteiger partial charge in [-0.05, 0) is 26.0 Å². The summed E-state index contributed by atoms with van der Waals surface area (Å²) in [6, 6.07) is 9.87. The summed E-state index contributed by atoms with van der Waals surface area (Å²) in [6.07, 6.45) is 2.02. The average Bonchev–Trinajstić information content (AvgIpc) is 2.19. The molecule has 80 valence electrons. The Bertz CT molecular complexity index is 330. The van der Waals surface area contributed by atoms with E-state index < -0.39 is 0 Å². The van der Waals surface area contributed by atoms with Crippen molar-refractivity contribution in [2.75, 3.05) is 4.90 Å². The van der Waals surface area contributed by atoms with Gasteiger partial charge in [-0.25, -0.2) is 0 Å². The van der Waals surface area contributed by atoms with Crippen molar-refractivity contribution in [3.8, 4) is 0 Å². The maximum absolute atomic E-state index is 11.8. The van der Waals surface area contributed by atoms with Gasteiger partial charge in [-0.1, -0.05) is 24.3 Å². The minimum absolute atomic E-state index is 0.0891. The van der Waals surface area contributed by atoms with Crippen molar-refractivity contribution >= 4 is 11.6 Å². The molecule has 0 N–H and O–H groups in total. The molecule has 1 rings (SSSR count). The molecule has 2 nitrogen and oxygen atoms in total. The van der Waals surface area contributed by atoms with E-state index in [1.54, 1.807) is 11.0 Å². The Kier molecular flexibility index (Phi) is 4.10. The molecular weight excluding hydrogens is 186 g/mol. The van der Waals surface area contributed by atoms with Crippen molar-refractivity contribution in [3.63, 3.8) is 0 Å². The Hall–Kier alpha value is -1.57. The van der Waals surface area contributed by atoms with Gasteiger partial charge < -0.3 is 4.90 Å². The normalized spacial score (nSPS) is 10.1. The Balaban J connectivity index is 2.93. The summed E-state index contributed by atoms with van der Waals surface area (Å²) in [5.41, 5.74) is 0.944. The first-order valence-electron chi connectivity index (χ1n) is 5.14. The van der Waals surface area contributed by atoms with Crippen molar-refractivity contribution in [3.05, 3.63) is 43.0 Å². The molecule has 2 heteroatoms. The van der Waals surface area contributed by atoms with E-state index >= 15 is 0 Å². The van der Waals surface area contributed by atoms with E-state index in [9.17, 15) is 4.79 Å². The fourth-order valence-electron chi connectivity index (χ4n) is 1.54. The largest absolute Gasteiger partial charge is 0.310 e. The lowest BCUT2D eigenvalue weighted by Crippen LogP contribution is -2.36. The monoisotopic (exact) mass is 203 g/mol. The average molecular weight is 203 g/mol. The first-order valence-corrected chi connectivity index (χ1v) is 5.14. The van der Waals surface area contributed by atoms with Gasteiger partial charge in [0, 0.05) is 18.2 Å².